The van der Waals surface area contributed by atoms with Gasteiger partial charge in [0, 0.05) is 37.8 Å². The number of fused-ring (bicyclic) bond motifs is 1. The van der Waals surface area contributed by atoms with Crippen molar-refractivity contribution in [3.8, 4) is 0 Å². The van der Waals surface area contributed by atoms with Crippen LogP contribution >= 0.6 is 0 Å². The standard InChI is InChI=1S/C18H25F3N6O/c1-11-12(2)16-23-24-17(18(19,20)21)27(16)25-15(11)22-14-3-6-26(7-4-14)9-13-5-8-28-10-13/h13-14H,3-10H2,1-2H3,(H,22,25). The van der Waals surface area contributed by atoms with Crippen molar-refractivity contribution < 1.29 is 17.9 Å². The molecule has 2 fully saturated rings. The Labute approximate surface area is 161 Å². The molecule has 2 aliphatic heterocycles. The maximum absolute atomic E-state index is 13.2. The molecule has 10 heteroatoms. The number of hydrogen-bond donors (Lipinski definition) is 1. The van der Waals surface area contributed by atoms with Gasteiger partial charge in [0.25, 0.3) is 5.82 Å². The first-order chi connectivity index (χ1) is 13.3. The van der Waals surface area contributed by atoms with Crippen LogP contribution in [0.4, 0.5) is 19.0 Å². The van der Waals surface area contributed by atoms with Crippen LogP contribution in [0.3, 0.4) is 0 Å². The van der Waals surface area contributed by atoms with Crippen LogP contribution in [0, 0.1) is 19.8 Å². The first-order valence-electron chi connectivity index (χ1n) is 9.69. The van der Waals surface area contributed by atoms with Crippen LogP contribution in [0.15, 0.2) is 0 Å². The summed E-state index contributed by atoms with van der Waals surface area (Å²) in [5.74, 6) is -0.00629. The third-order valence-electron chi connectivity index (χ3n) is 5.82. The smallest absolute Gasteiger partial charge is 0.381 e. The van der Waals surface area contributed by atoms with Crippen LogP contribution < -0.4 is 5.32 Å². The van der Waals surface area contributed by atoms with Crippen LogP contribution in [0.25, 0.3) is 5.65 Å². The molecule has 1 N–H and O–H groups in total. The molecule has 0 aliphatic carbocycles. The Kier molecular flexibility index (Phi) is 5.17. The second kappa shape index (κ2) is 7.47. The molecule has 2 saturated heterocycles. The number of piperidine rings is 1. The second-order valence-corrected chi connectivity index (χ2v) is 7.80. The zero-order chi connectivity index (χ0) is 19.9. The summed E-state index contributed by atoms with van der Waals surface area (Å²) in [5, 5.41) is 14.5. The lowest BCUT2D eigenvalue weighted by Crippen LogP contribution is -2.41. The minimum absolute atomic E-state index is 0.143. The minimum Gasteiger partial charge on any atom is -0.381 e. The molecule has 0 bridgehead atoms. The number of alkyl halides is 3. The fraction of sp³-hybridized carbons (Fsp3) is 0.722. The molecule has 28 heavy (non-hydrogen) atoms. The third kappa shape index (κ3) is 3.80. The zero-order valence-corrected chi connectivity index (χ0v) is 16.1. The van der Waals surface area contributed by atoms with Gasteiger partial charge in [0.1, 0.15) is 0 Å². The zero-order valence-electron chi connectivity index (χ0n) is 16.1. The van der Waals surface area contributed by atoms with Crippen molar-refractivity contribution in [2.24, 2.45) is 5.92 Å². The Morgan fingerprint density at radius 3 is 2.50 bits per heavy atom. The first-order valence-corrected chi connectivity index (χ1v) is 9.69. The summed E-state index contributed by atoms with van der Waals surface area (Å²) in [6.07, 6.45) is -1.61. The molecule has 0 aromatic carbocycles. The maximum Gasteiger partial charge on any atom is 0.453 e. The number of anilines is 1. The lowest BCUT2D eigenvalue weighted by atomic mass is 10.0. The van der Waals surface area contributed by atoms with Crippen molar-refractivity contribution in [1.29, 1.82) is 0 Å². The molecule has 0 radical (unpaired) electrons. The van der Waals surface area contributed by atoms with Crippen LogP contribution in [0.1, 0.15) is 36.2 Å². The molecule has 0 amide bonds. The highest BCUT2D eigenvalue weighted by atomic mass is 19.4. The molecular weight excluding hydrogens is 373 g/mol. The quantitative estimate of drug-likeness (QED) is 0.854. The molecule has 2 aromatic rings. The Morgan fingerprint density at radius 1 is 1.11 bits per heavy atom. The van der Waals surface area contributed by atoms with E-state index in [1.54, 1.807) is 6.92 Å². The van der Waals surface area contributed by atoms with Gasteiger partial charge < -0.3 is 15.0 Å². The van der Waals surface area contributed by atoms with Gasteiger partial charge in [-0.1, -0.05) is 0 Å². The average molecular weight is 398 g/mol. The number of ether oxygens (including phenoxy) is 1. The number of halogens is 3. The third-order valence-corrected chi connectivity index (χ3v) is 5.82. The van der Waals surface area contributed by atoms with Crippen molar-refractivity contribution in [3.63, 3.8) is 0 Å². The van der Waals surface area contributed by atoms with E-state index in [4.69, 9.17) is 4.74 Å². The molecule has 2 aliphatic rings. The van der Waals surface area contributed by atoms with Gasteiger partial charge in [0.15, 0.2) is 11.5 Å². The van der Waals surface area contributed by atoms with E-state index in [1.807, 2.05) is 6.92 Å². The predicted octanol–water partition coefficient (Wildman–Crippen LogP) is 2.67. The van der Waals surface area contributed by atoms with Crippen molar-refractivity contribution in [2.45, 2.75) is 45.3 Å². The van der Waals surface area contributed by atoms with Crippen molar-refractivity contribution >= 4 is 11.5 Å². The van der Waals surface area contributed by atoms with E-state index < -0.39 is 12.0 Å². The first kappa shape index (κ1) is 19.4. The molecule has 1 unspecified atom stereocenters. The normalized spacial score (nSPS) is 22.2. The van der Waals surface area contributed by atoms with E-state index in [1.165, 1.54) is 0 Å². The Hall–Kier alpha value is -1.94. The van der Waals surface area contributed by atoms with Crippen LogP contribution in [-0.2, 0) is 10.9 Å². The molecule has 0 spiro atoms. The highest BCUT2D eigenvalue weighted by Gasteiger charge is 2.38. The molecular formula is C18H25F3N6O. The molecule has 2 aromatic heterocycles. The van der Waals surface area contributed by atoms with Gasteiger partial charge in [0.2, 0.25) is 0 Å². The van der Waals surface area contributed by atoms with Crippen molar-refractivity contribution in [3.05, 3.63) is 17.0 Å². The number of rotatable bonds is 4. The predicted molar refractivity (Wildman–Crippen MR) is 97.3 cm³/mol. The topological polar surface area (TPSA) is 67.6 Å². The highest BCUT2D eigenvalue weighted by molar-refractivity contribution is 5.58. The average Bonchev–Trinajstić information content (AvgIpc) is 3.30. The Balaban J connectivity index is 1.46. The van der Waals surface area contributed by atoms with E-state index in [-0.39, 0.29) is 11.7 Å². The van der Waals surface area contributed by atoms with Gasteiger partial charge in [-0.2, -0.15) is 17.7 Å². The summed E-state index contributed by atoms with van der Waals surface area (Å²) in [6.45, 7) is 8.30. The van der Waals surface area contributed by atoms with E-state index in [2.05, 4.69) is 25.5 Å². The number of hydrogen-bond acceptors (Lipinski definition) is 6. The van der Waals surface area contributed by atoms with Crippen LogP contribution in [0.5, 0.6) is 0 Å². The number of nitrogens with zero attached hydrogens (tertiary/aromatic N) is 5. The largest absolute Gasteiger partial charge is 0.453 e. The molecule has 0 saturated carbocycles. The summed E-state index contributed by atoms with van der Waals surface area (Å²) < 4.78 is 45.8. The number of likely N-dealkylation sites (tertiary alicyclic amines) is 1. The number of aromatic nitrogens is 4. The van der Waals surface area contributed by atoms with E-state index in [0.717, 1.165) is 62.2 Å². The lowest BCUT2D eigenvalue weighted by molar-refractivity contribution is -0.146. The monoisotopic (exact) mass is 398 g/mol. The summed E-state index contributed by atoms with van der Waals surface area (Å²) in [4.78, 5) is 2.45. The fourth-order valence-electron chi connectivity index (χ4n) is 3.99. The van der Waals surface area contributed by atoms with E-state index in [9.17, 15) is 13.2 Å². The second-order valence-electron chi connectivity index (χ2n) is 7.80. The van der Waals surface area contributed by atoms with Crippen LogP contribution in [0.2, 0.25) is 0 Å². The highest BCUT2D eigenvalue weighted by Crippen LogP contribution is 2.30. The van der Waals surface area contributed by atoms with Crippen LogP contribution in [-0.4, -0.2) is 63.6 Å². The maximum atomic E-state index is 13.2. The molecule has 1 atom stereocenters. The molecule has 154 valence electrons. The minimum atomic E-state index is -4.60. The summed E-state index contributed by atoms with van der Waals surface area (Å²) >= 11 is 0. The Morgan fingerprint density at radius 2 is 1.86 bits per heavy atom. The van der Waals surface area contributed by atoms with Gasteiger partial charge in [0.05, 0.1) is 6.61 Å². The summed E-state index contributed by atoms with van der Waals surface area (Å²) in [7, 11) is 0. The SMILES string of the molecule is Cc1c(NC2CCN(CC3CCOC3)CC2)nn2c(C(F)(F)F)nnc2c1C. The van der Waals surface area contributed by atoms with Gasteiger partial charge >= 0.3 is 6.18 Å². The van der Waals surface area contributed by atoms with Crippen molar-refractivity contribution in [1.82, 2.24) is 24.7 Å². The summed E-state index contributed by atoms with van der Waals surface area (Å²) in [5.41, 5.74) is 1.60. The number of aryl methyl sites for hydroxylation is 1. The van der Waals surface area contributed by atoms with E-state index >= 15 is 0 Å². The molecule has 7 nitrogen and oxygen atoms in total. The van der Waals surface area contributed by atoms with Gasteiger partial charge in [-0.05, 0) is 44.6 Å². The number of nitrogens with one attached hydrogen (secondary N) is 1. The lowest BCUT2D eigenvalue weighted by Gasteiger charge is -2.34. The fourth-order valence-corrected chi connectivity index (χ4v) is 3.99. The van der Waals surface area contributed by atoms with Gasteiger partial charge in [-0.3, -0.25) is 0 Å². The van der Waals surface area contributed by atoms with Gasteiger partial charge in [-0.25, -0.2) is 0 Å². The Bertz CT molecular complexity index is 838. The molecule has 4 rings (SSSR count). The van der Waals surface area contributed by atoms with E-state index in [0.29, 0.717) is 17.3 Å². The van der Waals surface area contributed by atoms with Gasteiger partial charge in [-0.15, -0.1) is 15.3 Å². The summed E-state index contributed by atoms with van der Waals surface area (Å²) in [6, 6.07) is 0.185. The van der Waals surface area contributed by atoms with Crippen molar-refractivity contribution in [2.75, 3.05) is 38.2 Å². The molecule has 4 heterocycles.